The molecule has 1 atom stereocenters. The highest BCUT2D eigenvalue weighted by Crippen LogP contribution is 2.28. The average molecular weight is 609 g/mol. The fourth-order valence-electron chi connectivity index (χ4n) is 4.10. The average Bonchev–Trinajstić information content (AvgIpc) is 2.94. The Balaban J connectivity index is 2.04. The van der Waals surface area contributed by atoms with E-state index in [1.165, 1.54) is 23.1 Å². The summed E-state index contributed by atoms with van der Waals surface area (Å²) in [5.74, 6) is -1.68. The summed E-state index contributed by atoms with van der Waals surface area (Å²) in [4.78, 5) is 28.5. The monoisotopic (exact) mass is 607 g/mol. The zero-order valence-electron chi connectivity index (χ0n) is 22.3. The Kier molecular flexibility index (Phi) is 11.4. The normalized spacial score (nSPS) is 12.0. The number of unbranched alkanes of at least 4 members (excludes halogenated alkanes) is 1. The van der Waals surface area contributed by atoms with E-state index in [9.17, 15) is 22.4 Å². The van der Waals surface area contributed by atoms with Crippen LogP contribution in [-0.4, -0.2) is 44.3 Å². The van der Waals surface area contributed by atoms with Crippen molar-refractivity contribution in [1.82, 2.24) is 10.2 Å². The molecule has 2 amide bonds. The van der Waals surface area contributed by atoms with Crippen molar-refractivity contribution in [3.8, 4) is 0 Å². The molecule has 0 spiro atoms. The van der Waals surface area contributed by atoms with E-state index >= 15 is 0 Å². The molecule has 0 saturated carbocycles. The number of rotatable bonds is 13. The molecule has 0 aliphatic rings. The first-order valence-corrected chi connectivity index (χ1v) is 15.1. The number of nitrogens with one attached hydrogen (secondary N) is 1. The predicted molar refractivity (Wildman–Crippen MR) is 156 cm³/mol. The van der Waals surface area contributed by atoms with Gasteiger partial charge in [0.15, 0.2) is 0 Å². The molecule has 0 bridgehead atoms. The molecule has 0 aliphatic carbocycles. The first-order valence-electron chi connectivity index (χ1n) is 12.9. The van der Waals surface area contributed by atoms with Gasteiger partial charge in [-0.05, 0) is 60.9 Å². The first-order chi connectivity index (χ1) is 19.1. The van der Waals surface area contributed by atoms with E-state index in [-0.39, 0.29) is 28.1 Å². The molecule has 11 heteroatoms. The van der Waals surface area contributed by atoms with Crippen molar-refractivity contribution in [1.29, 1.82) is 0 Å². The zero-order chi connectivity index (χ0) is 29.3. The fraction of sp³-hybridized carbons (Fsp3) is 0.310. The lowest BCUT2D eigenvalue weighted by atomic mass is 10.1. The summed E-state index contributed by atoms with van der Waals surface area (Å²) < 4.78 is 42.4. The number of carbonyl (C=O) groups excluding carboxylic acids is 2. The molecule has 3 aromatic rings. The Morgan fingerprint density at radius 1 is 0.975 bits per heavy atom. The van der Waals surface area contributed by atoms with E-state index in [0.717, 1.165) is 29.3 Å². The number of nitrogens with zero attached hydrogens (tertiary/aromatic N) is 2. The summed E-state index contributed by atoms with van der Waals surface area (Å²) in [6, 6.07) is 17.0. The Morgan fingerprint density at radius 3 is 2.25 bits per heavy atom. The maximum Gasteiger partial charge on any atom is 0.264 e. The van der Waals surface area contributed by atoms with Crippen molar-refractivity contribution in [2.24, 2.45) is 0 Å². The minimum atomic E-state index is -4.27. The van der Waals surface area contributed by atoms with Crippen LogP contribution in [0.5, 0.6) is 0 Å². The summed E-state index contributed by atoms with van der Waals surface area (Å²) in [7, 11) is -4.27. The molecular formula is C29H32Cl2FN3O4S. The third-order valence-electron chi connectivity index (χ3n) is 6.28. The van der Waals surface area contributed by atoms with Crippen LogP contribution < -0.4 is 9.62 Å². The number of halogens is 3. The predicted octanol–water partition coefficient (Wildman–Crippen LogP) is 6.05. The van der Waals surface area contributed by atoms with Crippen molar-refractivity contribution in [2.45, 2.75) is 50.6 Å². The Labute approximate surface area is 244 Å². The molecule has 0 saturated heterocycles. The van der Waals surface area contributed by atoms with Gasteiger partial charge in [-0.1, -0.05) is 73.8 Å². The number of benzene rings is 3. The Morgan fingerprint density at radius 2 is 1.65 bits per heavy atom. The Hall–Kier alpha value is -3.14. The highest BCUT2D eigenvalue weighted by molar-refractivity contribution is 7.92. The molecule has 0 aliphatic heterocycles. The first kappa shape index (κ1) is 31.4. The van der Waals surface area contributed by atoms with Gasteiger partial charge in [-0.3, -0.25) is 13.9 Å². The number of anilines is 1. The lowest BCUT2D eigenvalue weighted by Crippen LogP contribution is -2.52. The molecule has 7 nitrogen and oxygen atoms in total. The summed E-state index contributed by atoms with van der Waals surface area (Å²) in [6.45, 7) is 3.63. The lowest BCUT2D eigenvalue weighted by molar-refractivity contribution is -0.140. The molecule has 0 fully saturated rings. The topological polar surface area (TPSA) is 86.8 Å². The molecule has 0 radical (unpaired) electrons. The van der Waals surface area contributed by atoms with Gasteiger partial charge in [0.25, 0.3) is 10.0 Å². The maximum absolute atomic E-state index is 14.0. The van der Waals surface area contributed by atoms with Crippen molar-refractivity contribution in [2.75, 3.05) is 17.4 Å². The number of carbonyl (C=O) groups is 2. The van der Waals surface area contributed by atoms with Crippen LogP contribution in [0.25, 0.3) is 0 Å². The van der Waals surface area contributed by atoms with Crippen molar-refractivity contribution < 1.29 is 22.4 Å². The van der Waals surface area contributed by atoms with Crippen LogP contribution in [0.1, 0.15) is 38.7 Å². The molecule has 1 N–H and O–H groups in total. The van der Waals surface area contributed by atoms with Crippen LogP contribution in [0, 0.1) is 5.82 Å². The van der Waals surface area contributed by atoms with Crippen LogP contribution in [0.4, 0.5) is 10.1 Å². The Bertz CT molecular complexity index is 1410. The van der Waals surface area contributed by atoms with Gasteiger partial charge in [0, 0.05) is 18.1 Å². The van der Waals surface area contributed by atoms with E-state index in [4.69, 9.17) is 23.2 Å². The van der Waals surface area contributed by atoms with Crippen LogP contribution in [0.15, 0.2) is 77.7 Å². The number of hydrogen-bond acceptors (Lipinski definition) is 4. The van der Waals surface area contributed by atoms with E-state index in [0.29, 0.717) is 23.6 Å². The minimum Gasteiger partial charge on any atom is -0.354 e. The number of sulfonamides is 1. The van der Waals surface area contributed by atoms with Gasteiger partial charge >= 0.3 is 0 Å². The third-order valence-corrected chi connectivity index (χ3v) is 8.61. The summed E-state index contributed by atoms with van der Waals surface area (Å²) in [5.41, 5.74) is 0.718. The smallest absolute Gasteiger partial charge is 0.264 e. The number of amides is 2. The lowest BCUT2D eigenvalue weighted by Gasteiger charge is -2.33. The van der Waals surface area contributed by atoms with Crippen LogP contribution in [0.3, 0.4) is 0 Å². The molecule has 0 heterocycles. The quantitative estimate of drug-likeness (QED) is 0.240. The molecule has 3 rings (SSSR count). The van der Waals surface area contributed by atoms with Gasteiger partial charge in [0.1, 0.15) is 18.4 Å². The largest absolute Gasteiger partial charge is 0.354 e. The second-order valence-electron chi connectivity index (χ2n) is 9.14. The van der Waals surface area contributed by atoms with Crippen molar-refractivity contribution in [3.63, 3.8) is 0 Å². The SMILES string of the molecule is CCCCNC(=O)[C@@H](CC)N(Cc1ccc(Cl)cc1)C(=O)CN(c1ccc(F)c(Cl)c1)S(=O)(=O)c1ccccc1. The van der Waals surface area contributed by atoms with Crippen molar-refractivity contribution >= 4 is 50.7 Å². The van der Waals surface area contributed by atoms with Gasteiger partial charge < -0.3 is 10.2 Å². The van der Waals surface area contributed by atoms with Crippen LogP contribution >= 0.6 is 23.2 Å². The fourth-order valence-corrected chi connectivity index (χ4v) is 5.83. The van der Waals surface area contributed by atoms with Gasteiger partial charge in [-0.15, -0.1) is 0 Å². The summed E-state index contributed by atoms with van der Waals surface area (Å²) >= 11 is 12.0. The highest BCUT2D eigenvalue weighted by atomic mass is 35.5. The third kappa shape index (κ3) is 7.96. The zero-order valence-corrected chi connectivity index (χ0v) is 24.6. The van der Waals surface area contributed by atoms with E-state index in [1.807, 2.05) is 6.92 Å². The van der Waals surface area contributed by atoms with Gasteiger partial charge in [0.05, 0.1) is 15.6 Å². The van der Waals surface area contributed by atoms with Crippen LogP contribution in [-0.2, 0) is 26.2 Å². The van der Waals surface area contributed by atoms with Crippen LogP contribution in [0.2, 0.25) is 10.0 Å². The van der Waals surface area contributed by atoms with Gasteiger partial charge in [-0.25, -0.2) is 12.8 Å². The van der Waals surface area contributed by atoms with Gasteiger partial charge in [0.2, 0.25) is 11.8 Å². The second kappa shape index (κ2) is 14.5. The summed E-state index contributed by atoms with van der Waals surface area (Å²) in [6.07, 6.45) is 1.96. The highest BCUT2D eigenvalue weighted by Gasteiger charge is 2.33. The molecule has 3 aromatic carbocycles. The summed E-state index contributed by atoms with van der Waals surface area (Å²) in [5, 5.41) is 3.09. The second-order valence-corrected chi connectivity index (χ2v) is 11.8. The standard InChI is InChI=1S/C29H32Cl2FN3O4S/c1-3-5-17-33-29(37)27(4-2)34(19-21-11-13-22(30)14-12-21)28(36)20-35(23-15-16-26(32)25(31)18-23)40(38,39)24-9-7-6-8-10-24/h6-16,18,27H,3-5,17,19-20H2,1-2H3,(H,33,37)/t27-/m1/s1. The maximum atomic E-state index is 14.0. The molecular weight excluding hydrogens is 576 g/mol. The van der Waals surface area contributed by atoms with E-state index < -0.39 is 34.3 Å². The molecule has 0 unspecified atom stereocenters. The van der Waals surface area contributed by atoms with Crippen molar-refractivity contribution in [3.05, 3.63) is 94.2 Å². The van der Waals surface area contributed by atoms with Gasteiger partial charge in [-0.2, -0.15) is 0 Å². The molecule has 214 valence electrons. The van der Waals surface area contributed by atoms with E-state index in [1.54, 1.807) is 49.4 Å². The molecule has 40 heavy (non-hydrogen) atoms. The molecule has 0 aromatic heterocycles. The number of hydrogen-bond donors (Lipinski definition) is 1. The minimum absolute atomic E-state index is 0.00971. The van der Waals surface area contributed by atoms with E-state index in [2.05, 4.69) is 5.32 Å².